The average molecular weight is 314 g/mol. The molecule has 0 amide bonds. The Bertz CT molecular complexity index is 575. The minimum atomic E-state index is -0.872. The van der Waals surface area contributed by atoms with Gasteiger partial charge in [-0.25, -0.2) is 0 Å². The van der Waals surface area contributed by atoms with Crippen LogP contribution in [-0.4, -0.2) is 16.5 Å². The lowest BCUT2D eigenvalue weighted by molar-refractivity contribution is -0.146. The van der Waals surface area contributed by atoms with Crippen molar-refractivity contribution in [2.75, 3.05) is 0 Å². The van der Waals surface area contributed by atoms with Crippen molar-refractivity contribution in [3.05, 3.63) is 0 Å². The zero-order chi connectivity index (χ0) is 16.5. The van der Waals surface area contributed by atoms with Gasteiger partial charge in [0.15, 0.2) is 0 Å². The maximum atomic E-state index is 12.4. The van der Waals surface area contributed by atoms with Gasteiger partial charge in [-0.15, -0.1) is 6.42 Å². The number of carbonyl (C=O) groups is 1. The van der Waals surface area contributed by atoms with Gasteiger partial charge < -0.3 is 5.11 Å². The second kappa shape index (κ2) is 4.85. The van der Waals surface area contributed by atoms with Crippen LogP contribution in [0.25, 0.3) is 0 Å². The molecule has 0 radical (unpaired) electrons. The van der Waals surface area contributed by atoms with E-state index in [1.54, 1.807) is 0 Å². The highest BCUT2D eigenvalue weighted by Gasteiger charge is 2.61. The lowest BCUT2D eigenvalue weighted by Crippen LogP contribution is -2.55. The maximum Gasteiger partial charge on any atom is 0.139 e. The van der Waals surface area contributed by atoms with Crippen LogP contribution in [0.1, 0.15) is 71.6 Å². The molecule has 0 aromatic heterocycles. The molecule has 4 saturated carbocycles. The fourth-order valence-electron chi connectivity index (χ4n) is 7.15. The molecule has 2 nitrogen and oxygen atoms in total. The van der Waals surface area contributed by atoms with Gasteiger partial charge in [-0.1, -0.05) is 19.8 Å². The van der Waals surface area contributed by atoms with E-state index in [-0.39, 0.29) is 5.41 Å². The molecule has 0 aromatic carbocycles. The number of terminal acetylenes is 1. The third-order valence-corrected chi connectivity index (χ3v) is 8.70. The van der Waals surface area contributed by atoms with Crippen LogP contribution in [0, 0.1) is 46.8 Å². The molecule has 0 aromatic rings. The van der Waals surface area contributed by atoms with Crippen molar-refractivity contribution < 1.29 is 9.90 Å². The molecule has 23 heavy (non-hydrogen) atoms. The SMILES string of the molecule is C#C[C@]1(O)CC[C@]2(C)C3CC[C@]4(C)C(=O)CCC4C3CC[C@H]2C1. The van der Waals surface area contributed by atoms with Crippen molar-refractivity contribution in [2.45, 2.75) is 77.2 Å². The molecule has 4 aliphatic carbocycles. The fourth-order valence-corrected chi connectivity index (χ4v) is 7.15. The van der Waals surface area contributed by atoms with Crippen LogP contribution in [0.15, 0.2) is 0 Å². The predicted molar refractivity (Wildman–Crippen MR) is 90.5 cm³/mol. The second-order valence-corrected chi connectivity index (χ2v) is 9.45. The van der Waals surface area contributed by atoms with Crippen LogP contribution in [0.2, 0.25) is 0 Å². The van der Waals surface area contributed by atoms with E-state index in [2.05, 4.69) is 19.8 Å². The Kier molecular flexibility index (Phi) is 3.31. The standard InChI is InChI=1S/C21H30O2/c1-4-21(23)12-11-19(2)14(13-21)5-6-15-16-7-8-18(22)20(16,3)10-9-17(15)19/h1,14-17,23H,5-13H2,2-3H3/t14-,15?,16?,17?,19-,20-,21-/m0/s1. The Hall–Kier alpha value is -0.810. The van der Waals surface area contributed by atoms with Crippen molar-refractivity contribution in [1.82, 2.24) is 0 Å². The molecule has 0 bridgehead atoms. The third kappa shape index (κ3) is 2.02. The van der Waals surface area contributed by atoms with E-state index in [0.29, 0.717) is 23.0 Å². The highest BCUT2D eigenvalue weighted by Crippen LogP contribution is 2.66. The van der Waals surface area contributed by atoms with Crippen LogP contribution in [0.5, 0.6) is 0 Å². The quantitative estimate of drug-likeness (QED) is 0.687. The summed E-state index contributed by atoms with van der Waals surface area (Å²) in [6.07, 6.45) is 14.8. The second-order valence-electron chi connectivity index (χ2n) is 9.45. The van der Waals surface area contributed by atoms with Gasteiger partial charge in [-0.3, -0.25) is 4.79 Å². The summed E-state index contributed by atoms with van der Waals surface area (Å²) in [6, 6.07) is 0. The number of rotatable bonds is 0. The molecule has 0 aliphatic heterocycles. The topological polar surface area (TPSA) is 37.3 Å². The molecule has 7 atom stereocenters. The Labute approximate surface area is 140 Å². The summed E-state index contributed by atoms with van der Waals surface area (Å²) in [5, 5.41) is 10.6. The zero-order valence-corrected chi connectivity index (χ0v) is 14.6. The molecule has 3 unspecified atom stereocenters. The Morgan fingerprint density at radius 1 is 1.09 bits per heavy atom. The highest BCUT2D eigenvalue weighted by molar-refractivity contribution is 5.87. The number of fused-ring (bicyclic) bond motifs is 5. The number of hydrogen-bond donors (Lipinski definition) is 1. The van der Waals surface area contributed by atoms with E-state index in [1.165, 1.54) is 19.3 Å². The number of hydrogen-bond acceptors (Lipinski definition) is 2. The Morgan fingerprint density at radius 2 is 1.87 bits per heavy atom. The molecule has 0 spiro atoms. The average Bonchev–Trinajstić information content (AvgIpc) is 2.84. The van der Waals surface area contributed by atoms with Crippen molar-refractivity contribution in [1.29, 1.82) is 0 Å². The van der Waals surface area contributed by atoms with Gasteiger partial charge in [-0.2, -0.15) is 0 Å². The van der Waals surface area contributed by atoms with Gasteiger partial charge in [0, 0.05) is 11.8 Å². The molecule has 4 rings (SSSR count). The smallest absolute Gasteiger partial charge is 0.139 e. The van der Waals surface area contributed by atoms with Crippen molar-refractivity contribution in [3.8, 4) is 12.3 Å². The molecule has 126 valence electrons. The molecule has 4 aliphatic rings. The normalized spacial score (nSPS) is 55.5. The van der Waals surface area contributed by atoms with Gasteiger partial charge in [0.2, 0.25) is 0 Å². The van der Waals surface area contributed by atoms with E-state index >= 15 is 0 Å². The molecular weight excluding hydrogens is 284 g/mol. The first-order chi connectivity index (χ1) is 10.8. The van der Waals surface area contributed by atoms with E-state index in [1.807, 2.05) is 0 Å². The predicted octanol–water partition coefficient (Wildman–Crippen LogP) is 3.96. The van der Waals surface area contributed by atoms with Crippen molar-refractivity contribution in [3.63, 3.8) is 0 Å². The van der Waals surface area contributed by atoms with Gasteiger partial charge in [0.1, 0.15) is 11.4 Å². The van der Waals surface area contributed by atoms with Gasteiger partial charge in [0.25, 0.3) is 0 Å². The van der Waals surface area contributed by atoms with Crippen molar-refractivity contribution in [2.24, 2.45) is 34.5 Å². The van der Waals surface area contributed by atoms with Crippen LogP contribution in [0.3, 0.4) is 0 Å². The molecule has 0 saturated heterocycles. The summed E-state index contributed by atoms with van der Waals surface area (Å²) < 4.78 is 0. The van der Waals surface area contributed by atoms with Gasteiger partial charge in [0.05, 0.1) is 0 Å². The molecule has 1 N–H and O–H groups in total. The van der Waals surface area contributed by atoms with Gasteiger partial charge >= 0.3 is 0 Å². The number of ketones is 1. The first-order valence-electron chi connectivity index (χ1n) is 9.56. The number of carbonyl (C=O) groups excluding carboxylic acids is 1. The van der Waals surface area contributed by atoms with E-state index in [4.69, 9.17) is 6.42 Å². The first-order valence-corrected chi connectivity index (χ1v) is 9.56. The number of Topliss-reactive ketones (excluding diaryl/α,β-unsaturated/α-hetero) is 1. The lowest BCUT2D eigenvalue weighted by atomic mass is 9.44. The summed E-state index contributed by atoms with van der Waals surface area (Å²) in [5.41, 5.74) is -0.582. The van der Waals surface area contributed by atoms with Crippen molar-refractivity contribution >= 4 is 5.78 Å². The summed E-state index contributed by atoms with van der Waals surface area (Å²) in [6.45, 7) is 4.71. The van der Waals surface area contributed by atoms with Crippen LogP contribution >= 0.6 is 0 Å². The van der Waals surface area contributed by atoms with Crippen LogP contribution in [0.4, 0.5) is 0 Å². The van der Waals surface area contributed by atoms with Gasteiger partial charge in [-0.05, 0) is 80.5 Å². The zero-order valence-electron chi connectivity index (χ0n) is 14.6. The minimum absolute atomic E-state index is 0.0292. The summed E-state index contributed by atoms with van der Waals surface area (Å²) in [7, 11) is 0. The Balaban J connectivity index is 1.62. The Morgan fingerprint density at radius 3 is 2.61 bits per heavy atom. The largest absolute Gasteiger partial charge is 0.378 e. The summed E-state index contributed by atoms with van der Waals surface area (Å²) in [4.78, 5) is 12.4. The first kappa shape index (κ1) is 15.7. The van der Waals surface area contributed by atoms with E-state index < -0.39 is 5.60 Å². The third-order valence-electron chi connectivity index (χ3n) is 8.70. The van der Waals surface area contributed by atoms with E-state index in [9.17, 15) is 9.90 Å². The lowest BCUT2D eigenvalue weighted by Gasteiger charge is -2.60. The molecule has 0 heterocycles. The summed E-state index contributed by atoms with van der Waals surface area (Å²) >= 11 is 0. The van der Waals surface area contributed by atoms with Crippen LogP contribution in [-0.2, 0) is 4.79 Å². The molecule has 4 fully saturated rings. The molecular formula is C21H30O2. The van der Waals surface area contributed by atoms with E-state index in [0.717, 1.165) is 50.4 Å². The number of aliphatic hydroxyl groups is 1. The monoisotopic (exact) mass is 314 g/mol. The van der Waals surface area contributed by atoms with Crippen LogP contribution < -0.4 is 0 Å². The minimum Gasteiger partial charge on any atom is -0.378 e. The maximum absolute atomic E-state index is 12.4. The fraction of sp³-hybridized carbons (Fsp3) is 0.857. The highest BCUT2D eigenvalue weighted by atomic mass is 16.3. The molecule has 2 heteroatoms. The summed E-state index contributed by atoms with van der Waals surface area (Å²) in [5.74, 6) is 5.81.